The highest BCUT2D eigenvalue weighted by Gasteiger charge is 2.26. The molecule has 1 aromatic carbocycles. The Bertz CT molecular complexity index is 506. The maximum absolute atomic E-state index is 12.2. The topological polar surface area (TPSA) is 58.6 Å². The van der Waals surface area contributed by atoms with Crippen molar-refractivity contribution in [3.05, 3.63) is 24.3 Å². The van der Waals surface area contributed by atoms with E-state index >= 15 is 0 Å². The number of nitrogens with zero attached hydrogens (tertiary/aromatic N) is 1. The molecule has 0 aromatic heterocycles. The number of amides is 2. The maximum atomic E-state index is 12.2. The van der Waals surface area contributed by atoms with E-state index in [2.05, 4.69) is 5.32 Å². The minimum atomic E-state index is -0.400. The molecule has 0 radical (unpaired) electrons. The molecule has 5 nitrogen and oxygen atoms in total. The van der Waals surface area contributed by atoms with Gasteiger partial charge >= 0.3 is 0 Å². The molecule has 0 bridgehead atoms. The lowest BCUT2D eigenvalue weighted by atomic mass is 10.1. The summed E-state index contributed by atoms with van der Waals surface area (Å²) in [6.07, 6.45) is 0. The average Bonchev–Trinajstić information content (AvgIpc) is 2.37. The van der Waals surface area contributed by atoms with Crippen LogP contribution in [0.5, 0.6) is 5.75 Å². The van der Waals surface area contributed by atoms with Crippen molar-refractivity contribution in [1.82, 2.24) is 4.90 Å². The fourth-order valence-electron chi connectivity index (χ4n) is 2.01. The number of carbonyl (C=O) groups excluding carboxylic acids is 2. The Hall–Kier alpha value is -2.04. The molecule has 0 atom stereocenters. The van der Waals surface area contributed by atoms with Crippen molar-refractivity contribution in [3.63, 3.8) is 0 Å². The van der Waals surface area contributed by atoms with Gasteiger partial charge in [-0.05, 0) is 39.8 Å². The molecule has 1 N–H and O–H groups in total. The monoisotopic (exact) mass is 292 g/mol. The molecular weight excluding hydrogens is 268 g/mol. The number of hydrogen-bond acceptors (Lipinski definition) is 3. The van der Waals surface area contributed by atoms with Crippen LogP contribution in [-0.4, -0.2) is 35.4 Å². The van der Waals surface area contributed by atoms with Crippen LogP contribution in [0.4, 0.5) is 5.69 Å². The van der Waals surface area contributed by atoms with Crippen LogP contribution in [-0.2, 0) is 9.59 Å². The second-order valence-electron chi connectivity index (χ2n) is 5.75. The normalized spacial score (nSPS) is 10.9. The van der Waals surface area contributed by atoms with Crippen LogP contribution >= 0.6 is 0 Å². The van der Waals surface area contributed by atoms with Crippen LogP contribution in [0, 0.1) is 0 Å². The fraction of sp³-hybridized carbons (Fsp3) is 0.500. The van der Waals surface area contributed by atoms with Crippen LogP contribution in [0.15, 0.2) is 24.3 Å². The summed E-state index contributed by atoms with van der Waals surface area (Å²) in [7, 11) is 0. The first-order valence-corrected chi connectivity index (χ1v) is 7.05. The van der Waals surface area contributed by atoms with Crippen molar-refractivity contribution in [2.24, 2.45) is 0 Å². The molecule has 1 rings (SSSR count). The zero-order valence-corrected chi connectivity index (χ0v) is 13.4. The highest BCUT2D eigenvalue weighted by molar-refractivity contribution is 5.95. The smallest absolute Gasteiger partial charge is 0.244 e. The first-order valence-electron chi connectivity index (χ1n) is 7.05. The molecule has 116 valence electrons. The van der Waals surface area contributed by atoms with Gasteiger partial charge in [0.15, 0.2) is 0 Å². The standard InChI is InChI=1S/C16H24N2O3/c1-6-21-14-10-8-7-9-13(14)17-15(20)11-18(12(2)19)16(3,4)5/h7-10H,6,11H2,1-5H3,(H,17,20). The van der Waals surface area contributed by atoms with Crippen LogP contribution in [0.25, 0.3) is 0 Å². The van der Waals surface area contributed by atoms with E-state index in [1.165, 1.54) is 11.8 Å². The molecule has 1 aromatic rings. The Morgan fingerprint density at radius 1 is 1.24 bits per heavy atom. The van der Waals surface area contributed by atoms with E-state index in [-0.39, 0.29) is 18.4 Å². The number of anilines is 1. The van der Waals surface area contributed by atoms with Crippen molar-refractivity contribution in [2.75, 3.05) is 18.5 Å². The van der Waals surface area contributed by atoms with E-state index in [1.807, 2.05) is 39.8 Å². The quantitative estimate of drug-likeness (QED) is 0.907. The molecule has 0 saturated carbocycles. The van der Waals surface area contributed by atoms with E-state index in [1.54, 1.807) is 12.1 Å². The third kappa shape index (κ3) is 5.10. The Kier molecular flexibility index (Phi) is 5.76. The second kappa shape index (κ2) is 7.11. The van der Waals surface area contributed by atoms with Gasteiger partial charge in [-0.1, -0.05) is 12.1 Å². The summed E-state index contributed by atoms with van der Waals surface area (Å²) in [5.74, 6) is 0.251. The van der Waals surface area contributed by atoms with Crippen molar-refractivity contribution < 1.29 is 14.3 Å². The van der Waals surface area contributed by atoms with Crippen LogP contribution in [0.1, 0.15) is 34.6 Å². The Labute approximate surface area is 126 Å². The second-order valence-corrected chi connectivity index (χ2v) is 5.75. The van der Waals surface area contributed by atoms with E-state index in [0.717, 1.165) is 0 Å². The highest BCUT2D eigenvalue weighted by atomic mass is 16.5. The lowest BCUT2D eigenvalue weighted by Crippen LogP contribution is -2.48. The number of ether oxygens (including phenoxy) is 1. The van der Waals surface area contributed by atoms with Gasteiger partial charge in [-0.3, -0.25) is 9.59 Å². The first kappa shape index (κ1) is 17.0. The van der Waals surface area contributed by atoms with Gasteiger partial charge < -0.3 is 15.0 Å². The highest BCUT2D eigenvalue weighted by Crippen LogP contribution is 2.23. The SMILES string of the molecule is CCOc1ccccc1NC(=O)CN(C(C)=O)C(C)(C)C. The van der Waals surface area contributed by atoms with Crippen LogP contribution in [0.2, 0.25) is 0 Å². The largest absolute Gasteiger partial charge is 0.492 e. The molecule has 0 fully saturated rings. The average molecular weight is 292 g/mol. The fourth-order valence-corrected chi connectivity index (χ4v) is 2.01. The molecule has 2 amide bonds. The molecule has 0 spiro atoms. The summed E-state index contributed by atoms with van der Waals surface area (Å²) in [5.41, 5.74) is 0.213. The minimum Gasteiger partial charge on any atom is -0.492 e. The van der Waals surface area contributed by atoms with E-state index < -0.39 is 5.54 Å². The number of hydrogen-bond donors (Lipinski definition) is 1. The van der Waals surface area contributed by atoms with Gasteiger partial charge in [0, 0.05) is 12.5 Å². The van der Waals surface area contributed by atoms with Crippen molar-refractivity contribution >= 4 is 17.5 Å². The number of nitrogens with one attached hydrogen (secondary N) is 1. The van der Waals surface area contributed by atoms with Gasteiger partial charge in [0.1, 0.15) is 12.3 Å². The summed E-state index contributed by atoms with van der Waals surface area (Å²) in [5, 5.41) is 2.79. The van der Waals surface area contributed by atoms with Gasteiger partial charge in [0.25, 0.3) is 0 Å². The Morgan fingerprint density at radius 3 is 2.38 bits per heavy atom. The van der Waals surface area contributed by atoms with Crippen LogP contribution < -0.4 is 10.1 Å². The summed E-state index contributed by atoms with van der Waals surface area (Å²) >= 11 is 0. The van der Waals surface area contributed by atoms with Gasteiger partial charge in [0.05, 0.1) is 12.3 Å². The molecule has 0 aliphatic carbocycles. The zero-order valence-electron chi connectivity index (χ0n) is 13.4. The third-order valence-electron chi connectivity index (χ3n) is 2.95. The molecule has 0 unspecified atom stereocenters. The molecule has 5 heteroatoms. The Morgan fingerprint density at radius 2 is 1.86 bits per heavy atom. The van der Waals surface area contributed by atoms with Gasteiger partial charge in [-0.15, -0.1) is 0 Å². The lowest BCUT2D eigenvalue weighted by Gasteiger charge is -2.34. The minimum absolute atomic E-state index is 0.0132. The lowest BCUT2D eigenvalue weighted by molar-refractivity contribution is -0.137. The molecule has 0 heterocycles. The van der Waals surface area contributed by atoms with Gasteiger partial charge in [-0.2, -0.15) is 0 Å². The number of para-hydroxylation sites is 2. The van der Waals surface area contributed by atoms with Gasteiger partial charge in [-0.25, -0.2) is 0 Å². The molecule has 0 aliphatic rings. The van der Waals surface area contributed by atoms with E-state index in [9.17, 15) is 9.59 Å². The van der Waals surface area contributed by atoms with Crippen molar-refractivity contribution in [1.29, 1.82) is 0 Å². The third-order valence-corrected chi connectivity index (χ3v) is 2.95. The summed E-state index contributed by atoms with van der Waals surface area (Å²) < 4.78 is 5.46. The summed E-state index contributed by atoms with van der Waals surface area (Å²) in [6, 6.07) is 7.24. The molecule has 0 aliphatic heterocycles. The van der Waals surface area contributed by atoms with Crippen LogP contribution in [0.3, 0.4) is 0 Å². The maximum Gasteiger partial charge on any atom is 0.244 e. The zero-order chi connectivity index (χ0) is 16.0. The Balaban J connectivity index is 2.80. The number of rotatable bonds is 5. The summed E-state index contributed by atoms with van der Waals surface area (Å²) in [4.78, 5) is 25.4. The van der Waals surface area contributed by atoms with E-state index in [0.29, 0.717) is 18.0 Å². The predicted octanol–water partition coefficient (Wildman–Crippen LogP) is 2.67. The molecular formula is C16H24N2O3. The number of carbonyl (C=O) groups is 2. The van der Waals surface area contributed by atoms with Crippen molar-refractivity contribution in [3.8, 4) is 5.75 Å². The first-order chi connectivity index (χ1) is 9.75. The predicted molar refractivity (Wildman–Crippen MR) is 83.4 cm³/mol. The summed E-state index contributed by atoms with van der Waals surface area (Å²) in [6.45, 7) is 9.58. The van der Waals surface area contributed by atoms with Crippen molar-refractivity contribution in [2.45, 2.75) is 40.2 Å². The molecule has 0 saturated heterocycles. The van der Waals surface area contributed by atoms with Gasteiger partial charge in [0.2, 0.25) is 11.8 Å². The number of benzene rings is 1. The van der Waals surface area contributed by atoms with E-state index in [4.69, 9.17) is 4.74 Å². The molecule has 21 heavy (non-hydrogen) atoms.